The summed E-state index contributed by atoms with van der Waals surface area (Å²) in [6.07, 6.45) is 3.66. The van der Waals surface area contributed by atoms with Crippen molar-refractivity contribution in [3.8, 4) is 16.9 Å². The quantitative estimate of drug-likeness (QED) is 0.416. The van der Waals surface area contributed by atoms with Gasteiger partial charge in [-0.1, -0.05) is 42.5 Å². The van der Waals surface area contributed by atoms with E-state index in [-0.39, 0.29) is 5.91 Å². The first kappa shape index (κ1) is 20.0. The van der Waals surface area contributed by atoms with E-state index in [2.05, 4.69) is 28.5 Å². The SMILES string of the molecule is COc1cccc(-c2ccc(CNC(=O)CSc3ccccc3)c3cnccc23)c1. The molecule has 0 saturated heterocycles. The van der Waals surface area contributed by atoms with Gasteiger partial charge >= 0.3 is 0 Å². The number of carbonyl (C=O) groups is 1. The van der Waals surface area contributed by atoms with Crippen LogP contribution < -0.4 is 10.1 Å². The Labute approximate surface area is 180 Å². The topological polar surface area (TPSA) is 51.2 Å². The molecule has 0 atom stereocenters. The normalized spacial score (nSPS) is 10.7. The minimum Gasteiger partial charge on any atom is -0.497 e. The van der Waals surface area contributed by atoms with Gasteiger partial charge in [0.2, 0.25) is 5.91 Å². The molecule has 1 amide bonds. The Morgan fingerprint density at radius 2 is 1.87 bits per heavy atom. The van der Waals surface area contributed by atoms with Gasteiger partial charge in [-0.3, -0.25) is 9.78 Å². The lowest BCUT2D eigenvalue weighted by molar-refractivity contribution is -0.118. The molecule has 0 radical (unpaired) electrons. The molecule has 0 saturated carbocycles. The summed E-state index contributed by atoms with van der Waals surface area (Å²) in [4.78, 5) is 17.7. The van der Waals surface area contributed by atoms with Gasteiger partial charge in [-0.25, -0.2) is 0 Å². The molecule has 5 heteroatoms. The lowest BCUT2D eigenvalue weighted by Gasteiger charge is -2.13. The highest BCUT2D eigenvalue weighted by molar-refractivity contribution is 8.00. The molecule has 0 fully saturated rings. The number of pyridine rings is 1. The fourth-order valence-corrected chi connectivity index (χ4v) is 4.11. The molecule has 3 aromatic carbocycles. The van der Waals surface area contributed by atoms with Crippen LogP contribution in [0.3, 0.4) is 0 Å². The van der Waals surface area contributed by atoms with E-state index >= 15 is 0 Å². The van der Waals surface area contributed by atoms with Gasteiger partial charge in [-0.2, -0.15) is 0 Å². The van der Waals surface area contributed by atoms with Crippen molar-refractivity contribution in [3.05, 3.63) is 90.8 Å². The van der Waals surface area contributed by atoms with Crippen LogP contribution in [0.2, 0.25) is 0 Å². The van der Waals surface area contributed by atoms with Crippen LogP contribution in [0.25, 0.3) is 21.9 Å². The maximum absolute atomic E-state index is 12.3. The predicted molar refractivity (Wildman–Crippen MR) is 123 cm³/mol. The van der Waals surface area contributed by atoms with E-state index in [1.807, 2.05) is 60.8 Å². The van der Waals surface area contributed by atoms with Crippen LogP contribution in [-0.2, 0) is 11.3 Å². The zero-order chi connectivity index (χ0) is 20.8. The molecule has 1 N–H and O–H groups in total. The minimum absolute atomic E-state index is 0.0118. The first-order valence-electron chi connectivity index (χ1n) is 9.69. The van der Waals surface area contributed by atoms with Gasteiger partial charge in [0.25, 0.3) is 0 Å². The van der Waals surface area contributed by atoms with E-state index in [9.17, 15) is 4.79 Å². The Balaban J connectivity index is 1.52. The Bertz CT molecular complexity index is 1160. The molecule has 4 aromatic rings. The summed E-state index contributed by atoms with van der Waals surface area (Å²) in [6, 6.07) is 24.1. The first-order chi connectivity index (χ1) is 14.7. The molecule has 4 nitrogen and oxygen atoms in total. The minimum atomic E-state index is 0.0118. The third-order valence-corrected chi connectivity index (χ3v) is 5.89. The Kier molecular flexibility index (Phi) is 6.30. The smallest absolute Gasteiger partial charge is 0.230 e. The zero-order valence-electron chi connectivity index (χ0n) is 16.7. The Morgan fingerprint density at radius 1 is 1.00 bits per heavy atom. The Morgan fingerprint density at radius 3 is 2.70 bits per heavy atom. The number of aromatic nitrogens is 1. The van der Waals surface area contributed by atoms with Gasteiger partial charge in [0, 0.05) is 29.2 Å². The summed E-state index contributed by atoms with van der Waals surface area (Å²) in [5.41, 5.74) is 3.24. The standard InChI is InChI=1S/C25H22N2O2S/c1-29-20-7-5-6-18(14-20)22-11-10-19(24-16-26-13-12-23(22)24)15-27-25(28)17-30-21-8-3-2-4-9-21/h2-14,16H,15,17H2,1H3,(H,27,28). The summed E-state index contributed by atoms with van der Waals surface area (Å²) >= 11 is 1.53. The summed E-state index contributed by atoms with van der Waals surface area (Å²) < 4.78 is 5.37. The van der Waals surface area contributed by atoms with Crippen LogP contribution in [0.4, 0.5) is 0 Å². The van der Waals surface area contributed by atoms with Crippen molar-refractivity contribution >= 4 is 28.4 Å². The molecule has 0 bridgehead atoms. The van der Waals surface area contributed by atoms with Crippen LogP contribution in [-0.4, -0.2) is 23.8 Å². The molecule has 0 aliphatic rings. The maximum atomic E-state index is 12.3. The number of rotatable bonds is 7. The highest BCUT2D eigenvalue weighted by Gasteiger charge is 2.10. The van der Waals surface area contributed by atoms with Gasteiger partial charge in [-0.15, -0.1) is 11.8 Å². The van der Waals surface area contributed by atoms with Gasteiger partial charge in [0.05, 0.1) is 12.9 Å². The first-order valence-corrected chi connectivity index (χ1v) is 10.7. The number of nitrogens with zero attached hydrogens (tertiary/aromatic N) is 1. The second-order valence-corrected chi connectivity index (χ2v) is 7.85. The third kappa shape index (κ3) is 4.63. The molecule has 0 aliphatic heterocycles. The number of ether oxygens (including phenoxy) is 1. The number of hydrogen-bond acceptors (Lipinski definition) is 4. The van der Waals surface area contributed by atoms with Crippen LogP contribution in [0.5, 0.6) is 5.75 Å². The largest absolute Gasteiger partial charge is 0.497 e. The number of methoxy groups -OCH3 is 1. The monoisotopic (exact) mass is 414 g/mol. The number of benzene rings is 3. The van der Waals surface area contributed by atoms with E-state index in [0.717, 1.165) is 38.1 Å². The van der Waals surface area contributed by atoms with Crippen LogP contribution in [0.1, 0.15) is 5.56 Å². The molecule has 1 aromatic heterocycles. The molecule has 4 rings (SSSR count). The number of carbonyl (C=O) groups excluding carboxylic acids is 1. The second kappa shape index (κ2) is 9.46. The maximum Gasteiger partial charge on any atom is 0.230 e. The van der Waals surface area contributed by atoms with Crippen molar-refractivity contribution in [1.29, 1.82) is 0 Å². The van der Waals surface area contributed by atoms with Crippen molar-refractivity contribution in [2.75, 3.05) is 12.9 Å². The fourth-order valence-electron chi connectivity index (χ4n) is 3.36. The van der Waals surface area contributed by atoms with E-state index in [0.29, 0.717) is 12.3 Å². The average molecular weight is 415 g/mol. The van der Waals surface area contributed by atoms with Crippen molar-refractivity contribution in [2.24, 2.45) is 0 Å². The number of hydrogen-bond donors (Lipinski definition) is 1. The Hall–Kier alpha value is -3.31. The van der Waals surface area contributed by atoms with E-state index < -0.39 is 0 Å². The lowest BCUT2D eigenvalue weighted by Crippen LogP contribution is -2.24. The summed E-state index contributed by atoms with van der Waals surface area (Å²) in [5, 5.41) is 5.17. The summed E-state index contributed by atoms with van der Waals surface area (Å²) in [7, 11) is 1.67. The lowest BCUT2D eigenvalue weighted by atomic mass is 9.96. The van der Waals surface area contributed by atoms with E-state index in [4.69, 9.17) is 4.74 Å². The third-order valence-electron chi connectivity index (χ3n) is 4.88. The van der Waals surface area contributed by atoms with Crippen LogP contribution in [0.15, 0.2) is 90.1 Å². The molecular formula is C25H22N2O2S. The van der Waals surface area contributed by atoms with Crippen molar-refractivity contribution in [2.45, 2.75) is 11.4 Å². The zero-order valence-corrected chi connectivity index (χ0v) is 17.5. The van der Waals surface area contributed by atoms with Crippen molar-refractivity contribution in [1.82, 2.24) is 10.3 Å². The van der Waals surface area contributed by atoms with E-state index in [1.165, 1.54) is 11.8 Å². The average Bonchev–Trinajstić information content (AvgIpc) is 2.82. The van der Waals surface area contributed by atoms with Crippen molar-refractivity contribution in [3.63, 3.8) is 0 Å². The summed E-state index contributed by atoms with van der Waals surface area (Å²) in [5.74, 6) is 1.22. The fraction of sp³-hybridized carbons (Fsp3) is 0.120. The molecule has 0 unspecified atom stereocenters. The van der Waals surface area contributed by atoms with Crippen molar-refractivity contribution < 1.29 is 9.53 Å². The highest BCUT2D eigenvalue weighted by Crippen LogP contribution is 2.32. The number of fused-ring (bicyclic) bond motifs is 1. The molecular weight excluding hydrogens is 392 g/mol. The molecule has 1 heterocycles. The molecule has 0 aliphatic carbocycles. The molecule has 30 heavy (non-hydrogen) atoms. The van der Waals surface area contributed by atoms with Crippen LogP contribution in [0, 0.1) is 0 Å². The highest BCUT2D eigenvalue weighted by atomic mass is 32.2. The van der Waals surface area contributed by atoms with Gasteiger partial charge in [0.1, 0.15) is 5.75 Å². The van der Waals surface area contributed by atoms with Crippen LogP contribution >= 0.6 is 11.8 Å². The van der Waals surface area contributed by atoms with E-state index in [1.54, 1.807) is 13.3 Å². The number of thioether (sulfide) groups is 1. The number of nitrogens with one attached hydrogen (secondary N) is 1. The van der Waals surface area contributed by atoms with Gasteiger partial charge in [-0.05, 0) is 52.4 Å². The molecule has 150 valence electrons. The van der Waals surface area contributed by atoms with Gasteiger partial charge < -0.3 is 10.1 Å². The number of amides is 1. The predicted octanol–water partition coefficient (Wildman–Crippen LogP) is 5.32. The molecule has 0 spiro atoms. The summed E-state index contributed by atoms with van der Waals surface area (Å²) in [6.45, 7) is 0.467. The second-order valence-electron chi connectivity index (χ2n) is 6.80. The van der Waals surface area contributed by atoms with Gasteiger partial charge in [0.15, 0.2) is 0 Å².